The SMILES string of the molecule is CCC(C)C(NC)c1cc(Br)cs1. The predicted octanol–water partition coefficient (Wildman–Crippen LogP) is 3.82. The van der Waals surface area contributed by atoms with Crippen molar-refractivity contribution in [3.63, 3.8) is 0 Å². The monoisotopic (exact) mass is 261 g/mol. The highest BCUT2D eigenvalue weighted by Gasteiger charge is 2.17. The molecule has 1 aromatic rings. The van der Waals surface area contributed by atoms with Gasteiger partial charge in [0.1, 0.15) is 0 Å². The van der Waals surface area contributed by atoms with E-state index >= 15 is 0 Å². The van der Waals surface area contributed by atoms with Gasteiger partial charge in [-0.05, 0) is 35.0 Å². The van der Waals surface area contributed by atoms with Crippen molar-refractivity contribution >= 4 is 27.3 Å². The first-order valence-electron chi connectivity index (χ1n) is 4.60. The van der Waals surface area contributed by atoms with Crippen molar-refractivity contribution < 1.29 is 0 Å². The maximum atomic E-state index is 3.48. The lowest BCUT2D eigenvalue weighted by atomic mass is 9.98. The fourth-order valence-electron chi connectivity index (χ4n) is 1.43. The van der Waals surface area contributed by atoms with Crippen molar-refractivity contribution in [2.45, 2.75) is 26.3 Å². The zero-order valence-corrected chi connectivity index (χ0v) is 10.7. The zero-order chi connectivity index (χ0) is 9.84. The second-order valence-electron chi connectivity index (χ2n) is 3.32. The molecule has 0 aliphatic rings. The van der Waals surface area contributed by atoms with Crippen LogP contribution < -0.4 is 5.32 Å². The molecule has 0 radical (unpaired) electrons. The van der Waals surface area contributed by atoms with Crippen LogP contribution in [0.4, 0.5) is 0 Å². The van der Waals surface area contributed by atoms with E-state index in [-0.39, 0.29) is 0 Å². The van der Waals surface area contributed by atoms with Crippen molar-refractivity contribution in [2.24, 2.45) is 5.92 Å². The lowest BCUT2D eigenvalue weighted by Crippen LogP contribution is -2.21. The summed E-state index contributed by atoms with van der Waals surface area (Å²) in [5.41, 5.74) is 0. The molecule has 1 N–H and O–H groups in total. The van der Waals surface area contributed by atoms with Crippen molar-refractivity contribution in [1.29, 1.82) is 0 Å². The first kappa shape index (κ1) is 11.2. The summed E-state index contributed by atoms with van der Waals surface area (Å²) in [7, 11) is 2.03. The number of thiophene rings is 1. The van der Waals surface area contributed by atoms with Crippen LogP contribution in [0.5, 0.6) is 0 Å². The van der Waals surface area contributed by atoms with Gasteiger partial charge in [0.05, 0.1) is 0 Å². The molecule has 0 saturated carbocycles. The molecule has 1 nitrogen and oxygen atoms in total. The molecule has 0 saturated heterocycles. The van der Waals surface area contributed by atoms with Gasteiger partial charge in [-0.15, -0.1) is 11.3 Å². The van der Waals surface area contributed by atoms with Gasteiger partial charge in [0.25, 0.3) is 0 Å². The lowest BCUT2D eigenvalue weighted by molar-refractivity contribution is 0.406. The Morgan fingerprint density at radius 1 is 1.62 bits per heavy atom. The van der Waals surface area contributed by atoms with Crippen LogP contribution in [0, 0.1) is 5.92 Å². The third-order valence-corrected chi connectivity index (χ3v) is 4.19. The summed E-state index contributed by atoms with van der Waals surface area (Å²) in [5.74, 6) is 0.690. The Bertz CT molecular complexity index is 259. The van der Waals surface area contributed by atoms with E-state index in [0.717, 1.165) is 0 Å². The molecule has 0 aliphatic carbocycles. The molecule has 1 rings (SSSR count). The fraction of sp³-hybridized carbons (Fsp3) is 0.600. The number of hydrogen-bond acceptors (Lipinski definition) is 2. The van der Waals surface area contributed by atoms with Crippen LogP contribution in [0.3, 0.4) is 0 Å². The van der Waals surface area contributed by atoms with Crippen molar-refractivity contribution in [1.82, 2.24) is 5.32 Å². The van der Waals surface area contributed by atoms with Gasteiger partial charge in [0, 0.05) is 20.8 Å². The normalized spacial score (nSPS) is 15.7. The maximum Gasteiger partial charge on any atom is 0.0438 e. The molecular formula is C10H16BrNS. The molecule has 2 atom stereocenters. The molecule has 0 aromatic carbocycles. The van der Waals surface area contributed by atoms with Crippen molar-refractivity contribution in [3.8, 4) is 0 Å². The maximum absolute atomic E-state index is 3.48. The van der Waals surface area contributed by atoms with Crippen LogP contribution in [0.25, 0.3) is 0 Å². The van der Waals surface area contributed by atoms with Gasteiger partial charge in [-0.2, -0.15) is 0 Å². The highest BCUT2D eigenvalue weighted by Crippen LogP contribution is 2.30. The molecule has 74 valence electrons. The van der Waals surface area contributed by atoms with E-state index in [0.29, 0.717) is 12.0 Å². The Morgan fingerprint density at radius 3 is 2.69 bits per heavy atom. The molecule has 1 heterocycles. The first-order valence-corrected chi connectivity index (χ1v) is 6.27. The smallest absolute Gasteiger partial charge is 0.0438 e. The summed E-state index contributed by atoms with van der Waals surface area (Å²) in [6.07, 6.45) is 1.21. The molecule has 1 aromatic heterocycles. The molecule has 0 fully saturated rings. The molecular weight excluding hydrogens is 246 g/mol. The zero-order valence-electron chi connectivity index (χ0n) is 8.30. The van der Waals surface area contributed by atoms with Crippen LogP contribution in [0.2, 0.25) is 0 Å². The van der Waals surface area contributed by atoms with Gasteiger partial charge in [-0.3, -0.25) is 0 Å². The van der Waals surface area contributed by atoms with Gasteiger partial charge < -0.3 is 5.32 Å². The Morgan fingerprint density at radius 2 is 2.31 bits per heavy atom. The average molecular weight is 262 g/mol. The summed E-state index contributed by atoms with van der Waals surface area (Å²) in [5, 5.41) is 5.51. The number of rotatable bonds is 4. The van der Waals surface area contributed by atoms with Crippen LogP contribution in [0.15, 0.2) is 15.9 Å². The van der Waals surface area contributed by atoms with Gasteiger partial charge in [-0.1, -0.05) is 20.3 Å². The minimum absolute atomic E-state index is 0.501. The van der Waals surface area contributed by atoms with Crippen LogP contribution in [-0.4, -0.2) is 7.05 Å². The third kappa shape index (κ3) is 2.79. The summed E-state index contributed by atoms with van der Waals surface area (Å²) in [6, 6.07) is 2.71. The standard InChI is InChI=1S/C10H16BrNS/c1-4-7(2)10(12-3)9-5-8(11)6-13-9/h5-7,10,12H,4H2,1-3H3. The Balaban J connectivity index is 2.77. The Kier molecular flexibility index (Phi) is 4.42. The first-order chi connectivity index (χ1) is 6.19. The third-order valence-electron chi connectivity index (χ3n) is 2.42. The summed E-state index contributed by atoms with van der Waals surface area (Å²) in [4.78, 5) is 1.42. The number of hydrogen-bond donors (Lipinski definition) is 1. The Hall–Kier alpha value is 0.140. The molecule has 0 spiro atoms. The van der Waals surface area contributed by atoms with Gasteiger partial charge in [0.2, 0.25) is 0 Å². The molecule has 13 heavy (non-hydrogen) atoms. The summed E-state index contributed by atoms with van der Waals surface area (Å²) >= 11 is 5.30. The fourth-order valence-corrected chi connectivity index (χ4v) is 3.12. The minimum atomic E-state index is 0.501. The highest BCUT2D eigenvalue weighted by molar-refractivity contribution is 9.10. The largest absolute Gasteiger partial charge is 0.312 e. The van der Waals surface area contributed by atoms with Crippen LogP contribution in [0.1, 0.15) is 31.2 Å². The van der Waals surface area contributed by atoms with E-state index in [1.165, 1.54) is 15.8 Å². The second-order valence-corrected chi connectivity index (χ2v) is 5.18. The number of halogens is 1. The van der Waals surface area contributed by atoms with E-state index in [1.807, 2.05) is 18.4 Å². The van der Waals surface area contributed by atoms with E-state index < -0.39 is 0 Å². The Labute approximate surface area is 92.7 Å². The summed E-state index contributed by atoms with van der Waals surface area (Å²) < 4.78 is 1.19. The topological polar surface area (TPSA) is 12.0 Å². The van der Waals surface area contributed by atoms with Gasteiger partial charge >= 0.3 is 0 Å². The van der Waals surface area contributed by atoms with Crippen molar-refractivity contribution in [2.75, 3.05) is 7.05 Å². The predicted molar refractivity (Wildman–Crippen MR) is 63.3 cm³/mol. The molecule has 0 bridgehead atoms. The quantitative estimate of drug-likeness (QED) is 0.869. The van der Waals surface area contributed by atoms with Crippen LogP contribution in [-0.2, 0) is 0 Å². The van der Waals surface area contributed by atoms with E-state index in [4.69, 9.17) is 0 Å². The molecule has 2 unspecified atom stereocenters. The minimum Gasteiger partial charge on any atom is -0.312 e. The molecule has 0 amide bonds. The second kappa shape index (κ2) is 5.13. The molecule has 0 aliphatic heterocycles. The number of nitrogens with one attached hydrogen (secondary N) is 1. The summed E-state index contributed by atoms with van der Waals surface area (Å²) in [6.45, 7) is 4.52. The van der Waals surface area contributed by atoms with E-state index in [1.54, 1.807) is 0 Å². The average Bonchev–Trinajstić information content (AvgIpc) is 2.53. The van der Waals surface area contributed by atoms with Crippen LogP contribution >= 0.6 is 27.3 Å². The van der Waals surface area contributed by atoms with Gasteiger partial charge in [0.15, 0.2) is 0 Å². The van der Waals surface area contributed by atoms with E-state index in [9.17, 15) is 0 Å². The highest BCUT2D eigenvalue weighted by atomic mass is 79.9. The molecule has 3 heteroatoms. The van der Waals surface area contributed by atoms with Gasteiger partial charge in [-0.25, -0.2) is 0 Å². The van der Waals surface area contributed by atoms with Crippen molar-refractivity contribution in [3.05, 3.63) is 20.8 Å². The lowest BCUT2D eigenvalue weighted by Gasteiger charge is -2.20. The van der Waals surface area contributed by atoms with E-state index in [2.05, 4.69) is 46.5 Å².